The predicted molar refractivity (Wildman–Crippen MR) is 126 cm³/mol. The third-order valence-electron chi connectivity index (χ3n) is 6.73. The Hall–Kier alpha value is -2.19. The van der Waals surface area contributed by atoms with Crippen LogP contribution in [0.15, 0.2) is 43.0 Å². The second-order valence-corrected chi connectivity index (χ2v) is 12.5. The van der Waals surface area contributed by atoms with Crippen LogP contribution in [0.2, 0.25) is 0 Å². The fourth-order valence-corrected chi connectivity index (χ4v) is 7.56. The first-order chi connectivity index (χ1) is 14.9. The van der Waals surface area contributed by atoms with E-state index in [9.17, 15) is 18.0 Å². The minimum absolute atomic E-state index is 0.0533. The van der Waals surface area contributed by atoms with E-state index < -0.39 is 26.1 Å². The number of hydrogen-bond acceptors (Lipinski definition) is 4. The molecule has 3 rings (SSSR count). The van der Waals surface area contributed by atoms with Crippen LogP contribution in [0.3, 0.4) is 0 Å². The topological polar surface area (TPSA) is 86.8 Å². The van der Waals surface area contributed by atoms with Crippen molar-refractivity contribution in [2.24, 2.45) is 10.8 Å². The lowest BCUT2D eigenvalue weighted by Crippen LogP contribution is -2.65. The zero-order chi connectivity index (χ0) is 23.7. The molecule has 2 saturated heterocycles. The molecule has 0 aliphatic carbocycles. The molecule has 2 aliphatic rings. The number of carbonyl (C=O) groups excluding carboxylic acids is 2. The number of nitrogens with one attached hydrogen (secondary N) is 1. The van der Waals surface area contributed by atoms with Gasteiger partial charge in [0.2, 0.25) is 15.9 Å². The third kappa shape index (κ3) is 4.91. The number of nitrogens with zero attached hydrogens (tertiary/aromatic N) is 2. The number of sulfonamides is 1. The Bertz CT molecular complexity index is 946. The van der Waals surface area contributed by atoms with Crippen LogP contribution in [-0.4, -0.2) is 66.9 Å². The van der Waals surface area contributed by atoms with Crippen molar-refractivity contribution in [1.82, 2.24) is 14.5 Å². The molecule has 2 aliphatic heterocycles. The van der Waals surface area contributed by atoms with E-state index in [0.717, 1.165) is 0 Å². The normalized spacial score (nSPS) is 22.3. The summed E-state index contributed by atoms with van der Waals surface area (Å²) in [6.07, 6.45) is 2.10. The fraction of sp³-hybridized carbons (Fsp3) is 0.583. The van der Waals surface area contributed by atoms with Crippen LogP contribution in [0.1, 0.15) is 50.9 Å². The van der Waals surface area contributed by atoms with Gasteiger partial charge in [-0.05, 0) is 41.9 Å². The summed E-state index contributed by atoms with van der Waals surface area (Å²) >= 11 is 0. The molecular weight excluding hydrogens is 426 g/mol. The maximum atomic E-state index is 13.6. The summed E-state index contributed by atoms with van der Waals surface area (Å²) in [5.41, 5.74) is -0.268. The van der Waals surface area contributed by atoms with Gasteiger partial charge in [0, 0.05) is 37.8 Å². The maximum absolute atomic E-state index is 13.6. The summed E-state index contributed by atoms with van der Waals surface area (Å²) < 4.78 is 28.7. The predicted octanol–water partition coefficient (Wildman–Crippen LogP) is 2.66. The summed E-state index contributed by atoms with van der Waals surface area (Å²) in [7, 11) is -3.54. The number of carbonyl (C=O) groups is 2. The fourth-order valence-electron chi connectivity index (χ4n) is 5.31. The van der Waals surface area contributed by atoms with E-state index in [1.54, 1.807) is 21.3 Å². The van der Waals surface area contributed by atoms with Crippen molar-refractivity contribution in [1.29, 1.82) is 0 Å². The van der Waals surface area contributed by atoms with Crippen molar-refractivity contribution < 1.29 is 18.0 Å². The first-order valence-electron chi connectivity index (χ1n) is 11.1. The van der Waals surface area contributed by atoms with E-state index in [0.29, 0.717) is 44.6 Å². The van der Waals surface area contributed by atoms with Crippen molar-refractivity contribution >= 4 is 21.8 Å². The molecule has 176 valence electrons. The summed E-state index contributed by atoms with van der Waals surface area (Å²) in [6, 6.07) is 8.90. The molecule has 0 radical (unpaired) electrons. The molecule has 8 heteroatoms. The Kier molecular flexibility index (Phi) is 6.86. The zero-order valence-corrected chi connectivity index (χ0v) is 20.3. The molecule has 0 saturated carbocycles. The van der Waals surface area contributed by atoms with Crippen LogP contribution in [0, 0.1) is 10.8 Å². The standard InChI is InChI=1S/C24H35N3O4S/c1-6-20(28)25-22-23(2,3)16-27(17-24(22,4)5)32(30,31)19-12-14-26(15-13-19)21(29)18-10-8-7-9-11-18/h6-11,19,22H,1,12-17H2,2-5H3,(H,25,28). The molecule has 0 atom stereocenters. The molecule has 1 N–H and O–H groups in total. The number of benzene rings is 1. The van der Waals surface area contributed by atoms with Crippen LogP contribution in [-0.2, 0) is 14.8 Å². The molecule has 2 fully saturated rings. The number of hydrogen-bond donors (Lipinski definition) is 1. The van der Waals surface area contributed by atoms with Gasteiger partial charge in [0.1, 0.15) is 0 Å². The Morgan fingerprint density at radius 3 is 2.06 bits per heavy atom. The van der Waals surface area contributed by atoms with Crippen molar-refractivity contribution in [3.8, 4) is 0 Å². The highest BCUT2D eigenvalue weighted by Gasteiger charge is 2.51. The Balaban J connectivity index is 1.70. The zero-order valence-electron chi connectivity index (χ0n) is 19.5. The average Bonchev–Trinajstić information content (AvgIpc) is 2.75. The molecule has 7 nitrogen and oxygen atoms in total. The quantitative estimate of drug-likeness (QED) is 0.683. The van der Waals surface area contributed by atoms with E-state index in [2.05, 4.69) is 11.9 Å². The minimum Gasteiger partial charge on any atom is -0.349 e. The van der Waals surface area contributed by atoms with E-state index in [-0.39, 0.29) is 17.9 Å². The van der Waals surface area contributed by atoms with Gasteiger partial charge >= 0.3 is 0 Å². The van der Waals surface area contributed by atoms with Gasteiger partial charge in [-0.15, -0.1) is 0 Å². The van der Waals surface area contributed by atoms with Crippen LogP contribution in [0.25, 0.3) is 0 Å². The average molecular weight is 462 g/mol. The molecule has 0 unspecified atom stereocenters. The van der Waals surface area contributed by atoms with Gasteiger partial charge in [0.05, 0.1) is 5.25 Å². The first kappa shape index (κ1) is 24.5. The number of piperidine rings is 2. The second-order valence-electron chi connectivity index (χ2n) is 10.3. The molecule has 2 heterocycles. The third-order valence-corrected chi connectivity index (χ3v) is 9.03. The Morgan fingerprint density at radius 2 is 1.56 bits per heavy atom. The first-order valence-corrected chi connectivity index (χ1v) is 12.6. The van der Waals surface area contributed by atoms with E-state index in [4.69, 9.17) is 0 Å². The lowest BCUT2D eigenvalue weighted by molar-refractivity contribution is -0.120. The van der Waals surface area contributed by atoms with E-state index >= 15 is 0 Å². The van der Waals surface area contributed by atoms with Gasteiger partial charge in [-0.1, -0.05) is 52.5 Å². The molecule has 1 aromatic rings. The van der Waals surface area contributed by atoms with Gasteiger partial charge in [0.15, 0.2) is 0 Å². The lowest BCUT2D eigenvalue weighted by atomic mass is 9.67. The van der Waals surface area contributed by atoms with Crippen molar-refractivity contribution in [3.05, 3.63) is 48.6 Å². The van der Waals surface area contributed by atoms with Crippen molar-refractivity contribution in [3.63, 3.8) is 0 Å². The van der Waals surface area contributed by atoms with E-state index in [1.807, 2.05) is 45.9 Å². The lowest BCUT2D eigenvalue weighted by Gasteiger charge is -2.53. The van der Waals surface area contributed by atoms with Gasteiger partial charge < -0.3 is 10.2 Å². The number of rotatable bonds is 5. The molecule has 32 heavy (non-hydrogen) atoms. The monoisotopic (exact) mass is 461 g/mol. The highest BCUT2D eigenvalue weighted by Crippen LogP contribution is 2.42. The molecule has 2 amide bonds. The highest BCUT2D eigenvalue weighted by molar-refractivity contribution is 7.89. The molecule has 0 aromatic heterocycles. The molecule has 0 bridgehead atoms. The van der Waals surface area contributed by atoms with Crippen LogP contribution >= 0.6 is 0 Å². The van der Waals surface area contributed by atoms with Gasteiger partial charge in [-0.25, -0.2) is 12.7 Å². The van der Waals surface area contributed by atoms with Crippen LogP contribution in [0.5, 0.6) is 0 Å². The number of likely N-dealkylation sites (tertiary alicyclic amines) is 1. The summed E-state index contributed by atoms with van der Waals surface area (Å²) in [5, 5.41) is 2.51. The summed E-state index contributed by atoms with van der Waals surface area (Å²) in [4.78, 5) is 26.4. The largest absolute Gasteiger partial charge is 0.349 e. The van der Waals surface area contributed by atoms with Gasteiger partial charge in [0.25, 0.3) is 5.91 Å². The SMILES string of the molecule is C=CC(=O)NC1C(C)(C)CN(S(=O)(=O)C2CCN(C(=O)c3ccccc3)CC2)CC1(C)C. The van der Waals surface area contributed by atoms with Crippen LogP contribution in [0.4, 0.5) is 0 Å². The smallest absolute Gasteiger partial charge is 0.253 e. The molecule has 0 spiro atoms. The Labute approximate surface area is 191 Å². The highest BCUT2D eigenvalue weighted by atomic mass is 32.2. The summed E-state index contributed by atoms with van der Waals surface area (Å²) in [6.45, 7) is 13.0. The Morgan fingerprint density at radius 1 is 1.03 bits per heavy atom. The summed E-state index contributed by atoms with van der Waals surface area (Å²) in [5.74, 6) is -0.301. The van der Waals surface area contributed by atoms with Crippen molar-refractivity contribution in [2.75, 3.05) is 26.2 Å². The van der Waals surface area contributed by atoms with E-state index in [1.165, 1.54) is 6.08 Å². The molecular formula is C24H35N3O4S. The second kappa shape index (κ2) is 8.98. The van der Waals surface area contributed by atoms with Crippen LogP contribution < -0.4 is 5.32 Å². The molecule has 1 aromatic carbocycles. The minimum atomic E-state index is -3.54. The van der Waals surface area contributed by atoms with Gasteiger partial charge in [-0.2, -0.15) is 0 Å². The maximum Gasteiger partial charge on any atom is 0.253 e. The van der Waals surface area contributed by atoms with Crippen molar-refractivity contribution in [2.45, 2.75) is 51.8 Å². The van der Waals surface area contributed by atoms with Gasteiger partial charge in [-0.3, -0.25) is 9.59 Å². The number of amides is 2.